The van der Waals surface area contributed by atoms with E-state index in [1.807, 2.05) is 0 Å². The van der Waals surface area contributed by atoms with E-state index in [0.717, 1.165) is 7.11 Å². The van der Waals surface area contributed by atoms with Crippen LogP contribution in [0.15, 0.2) is 24.3 Å². The zero-order chi connectivity index (χ0) is 16.7. The Bertz CT molecular complexity index is 544. The molecule has 120 valence electrons. The van der Waals surface area contributed by atoms with E-state index in [2.05, 4.69) is 10.1 Å². The van der Waals surface area contributed by atoms with Crippen molar-refractivity contribution in [3.63, 3.8) is 0 Å². The van der Waals surface area contributed by atoms with E-state index in [1.54, 1.807) is 6.92 Å². The molecule has 0 aliphatic rings. The molecule has 0 heterocycles. The van der Waals surface area contributed by atoms with Gasteiger partial charge >= 0.3 is 12.1 Å². The number of ether oxygens (including phenoxy) is 2. The molecule has 0 saturated carbocycles. The molecule has 2 N–H and O–H groups in total. The van der Waals surface area contributed by atoms with Crippen molar-refractivity contribution in [1.29, 1.82) is 0 Å². The average Bonchev–Trinajstić information content (AvgIpc) is 2.51. The molecule has 0 aliphatic heterocycles. The lowest BCUT2D eigenvalue weighted by Gasteiger charge is -2.22. The zero-order valence-corrected chi connectivity index (χ0v) is 12.0. The lowest BCUT2D eigenvalue weighted by molar-refractivity contribution is -0.384. The Labute approximate surface area is 126 Å². The lowest BCUT2D eigenvalue weighted by atomic mass is 10.0. The summed E-state index contributed by atoms with van der Waals surface area (Å²) in [5, 5.41) is 22.9. The SMILES string of the molecule is CCOC(=O)N[C@@H](c1ccc([N+](=O)[O-])cc1)[C@@H](O)C(=O)OC. The van der Waals surface area contributed by atoms with Crippen molar-refractivity contribution >= 4 is 17.7 Å². The fourth-order valence-electron chi connectivity index (χ4n) is 1.70. The van der Waals surface area contributed by atoms with Crippen molar-refractivity contribution in [1.82, 2.24) is 5.32 Å². The van der Waals surface area contributed by atoms with Crippen LogP contribution in [0.3, 0.4) is 0 Å². The molecule has 9 nitrogen and oxygen atoms in total. The predicted molar refractivity (Wildman–Crippen MR) is 74.0 cm³/mol. The average molecular weight is 312 g/mol. The van der Waals surface area contributed by atoms with Gasteiger partial charge in [0.25, 0.3) is 5.69 Å². The van der Waals surface area contributed by atoms with Gasteiger partial charge in [0.2, 0.25) is 0 Å². The molecule has 1 amide bonds. The molecular formula is C13H16N2O7. The Balaban J connectivity index is 3.04. The lowest BCUT2D eigenvalue weighted by Crippen LogP contribution is -2.41. The first-order chi connectivity index (χ1) is 10.4. The van der Waals surface area contributed by atoms with Crippen molar-refractivity contribution in [2.24, 2.45) is 0 Å². The number of nitrogens with zero attached hydrogens (tertiary/aromatic N) is 1. The number of aliphatic hydroxyl groups excluding tert-OH is 1. The molecule has 0 spiro atoms. The van der Waals surface area contributed by atoms with Crippen LogP contribution >= 0.6 is 0 Å². The number of rotatable bonds is 6. The van der Waals surface area contributed by atoms with Crippen LogP contribution in [0, 0.1) is 10.1 Å². The standard InChI is InChI=1S/C13H16N2O7/c1-3-22-13(18)14-10(11(16)12(17)21-2)8-4-6-9(7-5-8)15(19)20/h4-7,10-11,16H,3H2,1-2H3,(H,14,18)/t10-,11+/m0/s1. The summed E-state index contributed by atoms with van der Waals surface area (Å²) >= 11 is 0. The fraction of sp³-hybridized carbons (Fsp3) is 0.385. The molecular weight excluding hydrogens is 296 g/mol. The summed E-state index contributed by atoms with van der Waals surface area (Å²) in [5.74, 6) is -0.958. The number of hydrogen-bond acceptors (Lipinski definition) is 7. The second-order valence-electron chi connectivity index (χ2n) is 4.16. The third-order valence-corrected chi connectivity index (χ3v) is 2.77. The summed E-state index contributed by atoms with van der Waals surface area (Å²) in [6, 6.07) is 3.87. The molecule has 0 aromatic heterocycles. The molecule has 9 heteroatoms. The normalized spacial score (nSPS) is 12.9. The number of hydrogen-bond donors (Lipinski definition) is 2. The number of amides is 1. The van der Waals surface area contributed by atoms with Gasteiger partial charge in [-0.2, -0.15) is 0 Å². The van der Waals surface area contributed by atoms with Crippen molar-refractivity contribution < 1.29 is 29.1 Å². The maximum absolute atomic E-state index is 11.5. The van der Waals surface area contributed by atoms with Crippen LogP contribution in [0.5, 0.6) is 0 Å². The molecule has 0 aliphatic carbocycles. The smallest absolute Gasteiger partial charge is 0.407 e. The number of nitro benzene ring substituents is 1. The van der Waals surface area contributed by atoms with Gasteiger partial charge in [-0.05, 0) is 12.5 Å². The van der Waals surface area contributed by atoms with E-state index in [1.165, 1.54) is 24.3 Å². The van der Waals surface area contributed by atoms with Crippen molar-refractivity contribution in [3.8, 4) is 0 Å². The number of esters is 1. The second-order valence-corrected chi connectivity index (χ2v) is 4.16. The quantitative estimate of drug-likeness (QED) is 0.454. The second kappa shape index (κ2) is 7.93. The monoisotopic (exact) mass is 312 g/mol. The van der Waals surface area contributed by atoms with Gasteiger partial charge in [0.15, 0.2) is 6.10 Å². The van der Waals surface area contributed by atoms with Gasteiger partial charge in [0, 0.05) is 12.1 Å². The summed E-state index contributed by atoms with van der Waals surface area (Å²) in [7, 11) is 1.09. The predicted octanol–water partition coefficient (Wildman–Crippen LogP) is 0.916. The highest BCUT2D eigenvalue weighted by atomic mass is 16.6. The van der Waals surface area contributed by atoms with Gasteiger partial charge < -0.3 is 19.9 Å². The zero-order valence-electron chi connectivity index (χ0n) is 12.0. The maximum atomic E-state index is 11.5. The third-order valence-electron chi connectivity index (χ3n) is 2.77. The van der Waals surface area contributed by atoms with E-state index in [9.17, 15) is 24.8 Å². The highest BCUT2D eigenvalue weighted by Gasteiger charge is 2.30. The molecule has 2 atom stereocenters. The number of aliphatic hydroxyl groups is 1. The maximum Gasteiger partial charge on any atom is 0.407 e. The van der Waals surface area contributed by atoms with E-state index >= 15 is 0 Å². The van der Waals surface area contributed by atoms with Gasteiger partial charge in [-0.15, -0.1) is 0 Å². The van der Waals surface area contributed by atoms with Crippen LogP contribution < -0.4 is 5.32 Å². The molecule has 22 heavy (non-hydrogen) atoms. The fourth-order valence-corrected chi connectivity index (χ4v) is 1.70. The molecule has 1 aromatic rings. The Hall–Kier alpha value is -2.68. The molecule has 0 fully saturated rings. The minimum absolute atomic E-state index is 0.104. The minimum atomic E-state index is -1.68. The number of benzene rings is 1. The Morgan fingerprint density at radius 3 is 2.41 bits per heavy atom. The van der Waals surface area contributed by atoms with E-state index in [4.69, 9.17) is 4.74 Å². The van der Waals surface area contributed by atoms with Crippen molar-refractivity contribution in [2.45, 2.75) is 19.1 Å². The summed E-state index contributed by atoms with van der Waals surface area (Å²) in [6.45, 7) is 1.70. The van der Waals surface area contributed by atoms with Gasteiger partial charge in [0.05, 0.1) is 24.7 Å². The first kappa shape index (κ1) is 17.4. The Morgan fingerprint density at radius 1 is 1.36 bits per heavy atom. The molecule has 0 radical (unpaired) electrons. The first-order valence-corrected chi connectivity index (χ1v) is 6.34. The van der Waals surface area contributed by atoms with Gasteiger partial charge in [-0.25, -0.2) is 9.59 Å². The number of nitro groups is 1. The Morgan fingerprint density at radius 2 is 1.95 bits per heavy atom. The highest BCUT2D eigenvalue weighted by Crippen LogP contribution is 2.21. The molecule has 0 unspecified atom stereocenters. The van der Waals surface area contributed by atoms with Gasteiger partial charge in [0.1, 0.15) is 0 Å². The van der Waals surface area contributed by atoms with Crippen molar-refractivity contribution in [3.05, 3.63) is 39.9 Å². The number of non-ortho nitro benzene ring substituents is 1. The van der Waals surface area contributed by atoms with E-state index < -0.39 is 29.1 Å². The third kappa shape index (κ3) is 4.42. The number of alkyl carbamates (subject to hydrolysis) is 1. The summed E-state index contributed by atoms with van der Waals surface area (Å²) in [4.78, 5) is 33.0. The van der Waals surface area contributed by atoms with Gasteiger partial charge in [-0.3, -0.25) is 10.1 Å². The van der Waals surface area contributed by atoms with Crippen molar-refractivity contribution in [2.75, 3.05) is 13.7 Å². The van der Waals surface area contributed by atoms with Gasteiger partial charge in [-0.1, -0.05) is 12.1 Å². The van der Waals surface area contributed by atoms with Crippen LogP contribution in [0.4, 0.5) is 10.5 Å². The largest absolute Gasteiger partial charge is 0.467 e. The van der Waals surface area contributed by atoms with E-state index in [-0.39, 0.29) is 17.9 Å². The van der Waals surface area contributed by atoms with Crippen LogP contribution in [-0.2, 0) is 14.3 Å². The Kier molecular flexibility index (Phi) is 6.26. The number of nitrogens with one attached hydrogen (secondary N) is 1. The summed E-state index contributed by atoms with van der Waals surface area (Å²) in [6.07, 6.45) is -2.52. The molecule has 0 bridgehead atoms. The number of methoxy groups -OCH3 is 1. The highest BCUT2D eigenvalue weighted by molar-refractivity contribution is 5.77. The van der Waals surface area contributed by atoms with Crippen LogP contribution in [0.1, 0.15) is 18.5 Å². The molecule has 1 aromatic carbocycles. The summed E-state index contributed by atoms with van der Waals surface area (Å²) < 4.78 is 9.13. The van der Waals surface area contributed by atoms with Crippen LogP contribution in [-0.4, -0.2) is 41.9 Å². The first-order valence-electron chi connectivity index (χ1n) is 6.34. The topological polar surface area (TPSA) is 128 Å². The molecule has 1 rings (SSSR count). The number of carbonyl (C=O) groups is 2. The van der Waals surface area contributed by atoms with E-state index in [0.29, 0.717) is 0 Å². The molecule has 0 saturated heterocycles. The summed E-state index contributed by atoms with van der Waals surface area (Å²) in [5.41, 5.74) is 0.128. The minimum Gasteiger partial charge on any atom is -0.467 e. The number of carbonyl (C=O) groups excluding carboxylic acids is 2. The van der Waals surface area contributed by atoms with Crippen LogP contribution in [0.2, 0.25) is 0 Å². The van der Waals surface area contributed by atoms with Crippen LogP contribution in [0.25, 0.3) is 0 Å².